The third-order valence-corrected chi connectivity index (χ3v) is 16.9. The number of hydrogen-bond acceptors (Lipinski definition) is 4. The summed E-state index contributed by atoms with van der Waals surface area (Å²) < 4.78 is 18.8. The lowest BCUT2D eigenvalue weighted by atomic mass is 9.47. The molecular weight excluding hydrogens is 735 g/mol. The fourth-order valence-corrected chi connectivity index (χ4v) is 12.9. The summed E-state index contributed by atoms with van der Waals surface area (Å²) in [5.41, 5.74) is 2.78. The van der Waals surface area contributed by atoms with Crippen LogP contribution in [0.25, 0.3) is 0 Å². The van der Waals surface area contributed by atoms with Gasteiger partial charge in [0.25, 0.3) is 0 Å². The molecule has 0 aromatic heterocycles. The molecule has 4 aliphatic carbocycles. The van der Waals surface area contributed by atoms with Crippen LogP contribution in [0, 0.1) is 46.3 Å². The van der Waals surface area contributed by atoms with E-state index in [2.05, 4.69) is 78.8 Å². The number of ether oxygens (including phenoxy) is 3. The molecule has 4 heteroatoms. The molecule has 0 N–H and O–H groups in total. The normalized spacial score (nSPS) is 28.9. The van der Waals surface area contributed by atoms with E-state index in [4.69, 9.17) is 14.2 Å². The maximum Gasteiger partial charge on any atom is 0.0644 e. The van der Waals surface area contributed by atoms with Crippen molar-refractivity contribution in [2.24, 2.45) is 46.3 Å². The minimum absolute atomic E-state index is 0.335. The topological polar surface area (TPSA) is 30.9 Å². The van der Waals surface area contributed by atoms with Crippen molar-refractivity contribution in [3.8, 4) is 0 Å². The second-order valence-electron chi connectivity index (χ2n) is 22.1. The molecule has 0 saturated heterocycles. The van der Waals surface area contributed by atoms with Crippen LogP contribution in [-0.2, 0) is 14.2 Å². The Morgan fingerprint density at radius 1 is 0.667 bits per heavy atom. The molecule has 0 aliphatic heterocycles. The fourth-order valence-electron chi connectivity index (χ4n) is 12.9. The zero-order valence-electron chi connectivity index (χ0n) is 41.6. The lowest BCUT2D eigenvalue weighted by Crippen LogP contribution is -2.51. The van der Waals surface area contributed by atoms with Gasteiger partial charge >= 0.3 is 0 Å². The van der Waals surface area contributed by atoms with E-state index in [-0.39, 0.29) is 0 Å². The van der Waals surface area contributed by atoms with Gasteiger partial charge in [0.2, 0.25) is 0 Å². The summed E-state index contributed by atoms with van der Waals surface area (Å²) in [5, 5.41) is 0. The highest BCUT2D eigenvalue weighted by Crippen LogP contribution is 2.67. The van der Waals surface area contributed by atoms with Crippen molar-refractivity contribution in [1.29, 1.82) is 0 Å². The summed E-state index contributed by atoms with van der Waals surface area (Å²) in [5.74, 6) is 5.48. The number of allylic oxidation sites excluding steroid dienone is 3. The summed E-state index contributed by atoms with van der Waals surface area (Å²) >= 11 is 0. The highest BCUT2D eigenvalue weighted by atomic mass is 16.5. The molecule has 0 aromatic carbocycles. The monoisotopic (exact) mass is 838 g/mol. The summed E-state index contributed by atoms with van der Waals surface area (Å²) in [6.45, 7) is 19.3. The van der Waals surface area contributed by atoms with Crippen LogP contribution < -0.4 is 0 Å². The number of likely N-dealkylation sites (N-methyl/N-ethyl adjacent to an activating group) is 1. The van der Waals surface area contributed by atoms with Crippen molar-refractivity contribution in [2.75, 3.05) is 47.1 Å². The molecular formula is C56H103NO3. The zero-order chi connectivity index (χ0) is 43.1. The molecule has 3 fully saturated rings. The molecule has 350 valence electrons. The number of unbranched alkanes of at least 4 members (excludes halogenated alkanes) is 15. The minimum atomic E-state index is 0.335. The van der Waals surface area contributed by atoms with Gasteiger partial charge in [-0.1, -0.05) is 155 Å². The third-order valence-electron chi connectivity index (χ3n) is 16.9. The molecule has 9 atom stereocenters. The molecule has 0 radical (unpaired) electrons. The first-order chi connectivity index (χ1) is 29.1. The Bertz CT molecular complexity index is 1160. The molecule has 3 saturated carbocycles. The van der Waals surface area contributed by atoms with E-state index in [0.717, 1.165) is 75.0 Å². The van der Waals surface area contributed by atoms with Gasteiger partial charge in [0.1, 0.15) is 0 Å². The molecule has 4 aliphatic rings. The molecule has 0 heterocycles. The Morgan fingerprint density at radius 3 is 1.88 bits per heavy atom. The predicted molar refractivity (Wildman–Crippen MR) is 260 cm³/mol. The van der Waals surface area contributed by atoms with Gasteiger partial charge < -0.3 is 19.1 Å². The fraction of sp³-hybridized carbons (Fsp3) is 0.929. The Morgan fingerprint density at radius 2 is 1.27 bits per heavy atom. The third kappa shape index (κ3) is 17.0. The maximum absolute atomic E-state index is 6.59. The first kappa shape index (κ1) is 51.9. The van der Waals surface area contributed by atoms with Gasteiger partial charge in [-0.2, -0.15) is 0 Å². The zero-order valence-corrected chi connectivity index (χ0v) is 41.6. The van der Waals surface area contributed by atoms with Crippen molar-refractivity contribution >= 4 is 0 Å². The van der Waals surface area contributed by atoms with Crippen molar-refractivity contribution < 1.29 is 14.2 Å². The predicted octanol–water partition coefficient (Wildman–Crippen LogP) is 16.0. The standard InChI is InChI=1S/C56H103NO3/c1-9-10-11-12-13-14-15-16-17-18-19-20-21-22-23-26-40-58-44-49(57(7)8)45-59-41-27-24-25-28-42-60-50-36-38-55(5)48(43-50)32-33-51-53-35-34-52(47(4)31-29-30-46(2)3)56(53,6)39-37-54(51)55/h16-17,32,46-47,49-54H,9-15,18-31,33-45H2,1-8H3/b17-16-/t47-,49+,50+,51+,52?,53?,54?,55+,56-/m1/s1. The van der Waals surface area contributed by atoms with Gasteiger partial charge in [-0.25, -0.2) is 0 Å². The number of rotatable bonds is 34. The molecule has 0 amide bonds. The van der Waals surface area contributed by atoms with Crippen LogP contribution in [0.4, 0.5) is 0 Å². The lowest BCUT2D eigenvalue weighted by Gasteiger charge is -2.58. The van der Waals surface area contributed by atoms with Crippen LogP contribution in [0.5, 0.6) is 0 Å². The molecule has 0 aromatic rings. The SMILES string of the molecule is CCCCCCCC/C=C\CCCCCCCCOC[C@@H](COCCCCCCO[C@H]1CC[C@@]2(C)C(=CC[C@H]3C4CCC([C@H](C)CCCC(C)C)[C@@]4(C)CCC32)C1)N(C)C. The van der Waals surface area contributed by atoms with E-state index in [0.29, 0.717) is 23.0 Å². The van der Waals surface area contributed by atoms with E-state index in [1.807, 2.05) is 0 Å². The molecule has 4 nitrogen and oxygen atoms in total. The van der Waals surface area contributed by atoms with Crippen LogP contribution in [0.3, 0.4) is 0 Å². The van der Waals surface area contributed by atoms with E-state index in [9.17, 15) is 0 Å². The Kier molecular flexibility index (Phi) is 25.1. The van der Waals surface area contributed by atoms with Gasteiger partial charge in [-0.3, -0.25) is 0 Å². The smallest absolute Gasteiger partial charge is 0.0644 e. The number of nitrogens with zero attached hydrogens (tertiary/aromatic N) is 1. The van der Waals surface area contributed by atoms with E-state index in [1.54, 1.807) is 5.57 Å². The van der Waals surface area contributed by atoms with Gasteiger partial charge in [0.05, 0.1) is 25.4 Å². The number of fused-ring (bicyclic) bond motifs is 5. The summed E-state index contributed by atoms with van der Waals surface area (Å²) in [4.78, 5) is 2.26. The Labute approximate surface area is 375 Å². The summed E-state index contributed by atoms with van der Waals surface area (Å²) in [6, 6.07) is 0.335. The quantitative estimate of drug-likeness (QED) is 0.0477. The average molecular weight is 838 g/mol. The van der Waals surface area contributed by atoms with Crippen LogP contribution in [0.2, 0.25) is 0 Å². The van der Waals surface area contributed by atoms with E-state index < -0.39 is 0 Å². The van der Waals surface area contributed by atoms with Gasteiger partial charge in [-0.15, -0.1) is 0 Å². The molecule has 60 heavy (non-hydrogen) atoms. The van der Waals surface area contributed by atoms with Crippen molar-refractivity contribution in [3.05, 3.63) is 23.8 Å². The van der Waals surface area contributed by atoms with Crippen LogP contribution in [0.15, 0.2) is 23.8 Å². The Hall–Kier alpha value is -0.680. The van der Waals surface area contributed by atoms with Crippen LogP contribution in [-0.4, -0.2) is 64.2 Å². The van der Waals surface area contributed by atoms with Crippen LogP contribution in [0.1, 0.15) is 228 Å². The van der Waals surface area contributed by atoms with Crippen LogP contribution >= 0.6 is 0 Å². The highest BCUT2D eigenvalue weighted by molar-refractivity contribution is 5.25. The molecule has 0 bridgehead atoms. The van der Waals surface area contributed by atoms with E-state index in [1.165, 1.54) is 180 Å². The van der Waals surface area contributed by atoms with E-state index >= 15 is 0 Å². The molecule has 0 spiro atoms. The lowest BCUT2D eigenvalue weighted by molar-refractivity contribution is -0.0641. The average Bonchev–Trinajstić information content (AvgIpc) is 3.59. The maximum atomic E-state index is 6.59. The van der Waals surface area contributed by atoms with Gasteiger partial charge in [0.15, 0.2) is 0 Å². The first-order valence-electron chi connectivity index (χ1n) is 26.9. The largest absolute Gasteiger partial charge is 0.380 e. The second kappa shape index (κ2) is 29.0. The molecule has 3 unspecified atom stereocenters. The minimum Gasteiger partial charge on any atom is -0.380 e. The second-order valence-corrected chi connectivity index (χ2v) is 22.1. The summed E-state index contributed by atoms with van der Waals surface area (Å²) in [7, 11) is 4.31. The van der Waals surface area contributed by atoms with Gasteiger partial charge in [0, 0.05) is 19.8 Å². The van der Waals surface area contributed by atoms with Crippen molar-refractivity contribution in [2.45, 2.75) is 240 Å². The Balaban J connectivity index is 0.976. The van der Waals surface area contributed by atoms with Crippen molar-refractivity contribution in [3.63, 3.8) is 0 Å². The number of hydrogen-bond donors (Lipinski definition) is 0. The van der Waals surface area contributed by atoms with Gasteiger partial charge in [-0.05, 0) is 157 Å². The highest BCUT2D eigenvalue weighted by Gasteiger charge is 2.59. The first-order valence-corrected chi connectivity index (χ1v) is 26.9. The summed E-state index contributed by atoms with van der Waals surface area (Å²) in [6.07, 6.45) is 47.0. The van der Waals surface area contributed by atoms with Crippen molar-refractivity contribution in [1.82, 2.24) is 4.90 Å². The molecule has 4 rings (SSSR count).